The maximum absolute atomic E-state index is 12.3. The van der Waals surface area contributed by atoms with E-state index in [4.69, 9.17) is 19.9 Å². The zero-order valence-corrected chi connectivity index (χ0v) is 22.1. The predicted octanol–water partition coefficient (Wildman–Crippen LogP) is 3.83. The van der Waals surface area contributed by atoms with Crippen molar-refractivity contribution in [1.82, 2.24) is 4.90 Å². The average molecular weight is 501 g/mol. The Morgan fingerprint density at radius 3 is 2.56 bits per heavy atom. The number of hydrogen-bond acceptors (Lipinski definition) is 6. The fourth-order valence-electron chi connectivity index (χ4n) is 4.34. The summed E-state index contributed by atoms with van der Waals surface area (Å²) in [7, 11) is 3.32. The van der Waals surface area contributed by atoms with Crippen molar-refractivity contribution in [3.63, 3.8) is 0 Å². The van der Waals surface area contributed by atoms with E-state index in [2.05, 4.69) is 19.9 Å². The van der Waals surface area contributed by atoms with Crippen molar-refractivity contribution in [2.45, 2.75) is 70.9 Å². The van der Waals surface area contributed by atoms with Gasteiger partial charge in [-0.05, 0) is 55.2 Å². The van der Waals surface area contributed by atoms with Crippen molar-refractivity contribution in [2.24, 2.45) is 17.6 Å². The van der Waals surface area contributed by atoms with Gasteiger partial charge in [0.1, 0.15) is 0 Å². The Labute approximate surface area is 211 Å². The summed E-state index contributed by atoms with van der Waals surface area (Å²) in [6, 6.07) is 5.67. The van der Waals surface area contributed by atoms with Crippen molar-refractivity contribution in [3.05, 3.63) is 23.8 Å². The molecule has 1 heterocycles. The summed E-state index contributed by atoms with van der Waals surface area (Å²) < 4.78 is 16.5. The molecule has 1 aromatic rings. The fourth-order valence-corrected chi connectivity index (χ4v) is 4.34. The third kappa shape index (κ3) is 9.98. The lowest BCUT2D eigenvalue weighted by molar-refractivity contribution is -0.132. The average Bonchev–Trinajstić information content (AvgIpc) is 3.00. The molecule has 0 unspecified atom stereocenters. The van der Waals surface area contributed by atoms with Gasteiger partial charge in [0, 0.05) is 45.7 Å². The third-order valence-electron chi connectivity index (χ3n) is 6.57. The number of nitrogens with two attached hydrogens (primary N) is 1. The summed E-state index contributed by atoms with van der Waals surface area (Å²) in [5.41, 5.74) is 7.59. The van der Waals surface area contributed by atoms with Gasteiger partial charge < -0.3 is 30.0 Å². The fraction of sp³-hybridized carbons (Fsp3) is 0.731. The van der Waals surface area contributed by atoms with Crippen LogP contribution in [0.5, 0.6) is 11.5 Å². The minimum atomic E-state index is -0.719. The molecule has 1 fully saturated rings. The van der Waals surface area contributed by atoms with Crippen LogP contribution in [0.2, 0.25) is 0 Å². The van der Waals surface area contributed by atoms with Crippen LogP contribution in [0.25, 0.3) is 0 Å². The van der Waals surface area contributed by atoms with Gasteiger partial charge in [-0.15, -0.1) is 12.4 Å². The van der Waals surface area contributed by atoms with E-state index in [0.717, 1.165) is 50.0 Å². The number of methoxy groups -OCH3 is 2. The maximum Gasteiger partial charge on any atom is 0.222 e. The number of carbonyl (C=O) groups is 1. The van der Waals surface area contributed by atoms with E-state index < -0.39 is 6.10 Å². The molecule has 34 heavy (non-hydrogen) atoms. The van der Waals surface area contributed by atoms with Crippen LogP contribution in [0.1, 0.15) is 57.9 Å². The Morgan fingerprint density at radius 2 is 1.88 bits per heavy atom. The molecule has 8 heteroatoms. The summed E-state index contributed by atoms with van der Waals surface area (Å²) in [4.78, 5) is 14.1. The first-order valence-corrected chi connectivity index (χ1v) is 12.4. The standard InChI is InChI=1S/C26H44N2O5.ClH/c1-19(2)21(17-22(27)23(29)18-28-12-7-5-6-9-26(28)30)15-20-10-11-24(32-4)25(16-20)33-14-8-13-31-3;/h10-11,16,19,21-23,29H,5-9,12-15,17-18,27H2,1-4H3;1H/t21-,22-,23-;/m0./s1. The Morgan fingerprint density at radius 1 is 1.12 bits per heavy atom. The van der Waals surface area contributed by atoms with Crippen molar-refractivity contribution in [1.29, 1.82) is 0 Å². The molecule has 1 saturated heterocycles. The molecule has 2 rings (SSSR count). The highest BCUT2D eigenvalue weighted by atomic mass is 35.5. The molecule has 1 aliphatic heterocycles. The summed E-state index contributed by atoms with van der Waals surface area (Å²) >= 11 is 0. The minimum absolute atomic E-state index is 0. The molecule has 0 spiro atoms. The van der Waals surface area contributed by atoms with E-state index in [0.29, 0.717) is 50.2 Å². The third-order valence-corrected chi connectivity index (χ3v) is 6.57. The highest BCUT2D eigenvalue weighted by Crippen LogP contribution is 2.31. The summed E-state index contributed by atoms with van der Waals surface area (Å²) in [6.07, 6.45) is 5.19. The lowest BCUT2D eigenvalue weighted by atomic mass is 9.83. The van der Waals surface area contributed by atoms with Gasteiger partial charge in [0.25, 0.3) is 0 Å². The van der Waals surface area contributed by atoms with Crippen LogP contribution >= 0.6 is 12.4 Å². The molecule has 0 aromatic heterocycles. The van der Waals surface area contributed by atoms with Crippen LogP contribution in [0.3, 0.4) is 0 Å². The molecule has 0 saturated carbocycles. The van der Waals surface area contributed by atoms with E-state index in [1.807, 2.05) is 12.1 Å². The van der Waals surface area contributed by atoms with Gasteiger partial charge >= 0.3 is 0 Å². The molecule has 0 radical (unpaired) electrons. The minimum Gasteiger partial charge on any atom is -0.493 e. The summed E-state index contributed by atoms with van der Waals surface area (Å²) in [5.74, 6) is 2.28. The largest absolute Gasteiger partial charge is 0.493 e. The Hall–Kier alpha value is -1.54. The molecule has 3 atom stereocenters. The number of rotatable bonds is 14. The van der Waals surface area contributed by atoms with Gasteiger partial charge in [-0.25, -0.2) is 0 Å². The molecule has 3 N–H and O–H groups in total. The molecule has 1 aliphatic rings. The van der Waals surface area contributed by atoms with Crippen LogP contribution in [0, 0.1) is 11.8 Å². The van der Waals surface area contributed by atoms with E-state index in [-0.39, 0.29) is 24.4 Å². The summed E-state index contributed by atoms with van der Waals surface area (Å²) in [5, 5.41) is 10.8. The lowest BCUT2D eigenvalue weighted by Crippen LogP contribution is -2.46. The van der Waals surface area contributed by atoms with Crippen LogP contribution in [0.15, 0.2) is 18.2 Å². The molecular formula is C26H45ClN2O5. The predicted molar refractivity (Wildman–Crippen MR) is 138 cm³/mol. The summed E-state index contributed by atoms with van der Waals surface area (Å²) in [6.45, 7) is 6.64. The normalized spacial score (nSPS) is 17.0. The Bertz CT molecular complexity index is 718. The molecule has 7 nitrogen and oxygen atoms in total. The van der Waals surface area contributed by atoms with Crippen molar-refractivity contribution >= 4 is 18.3 Å². The first-order chi connectivity index (χ1) is 15.8. The number of likely N-dealkylation sites (tertiary alicyclic amines) is 1. The SMILES string of the molecule is COCCCOc1cc(C[C@@H](C[C@H](N)[C@@H](O)CN2CCCCCC2=O)C(C)C)ccc1OC.Cl. The quantitative estimate of drug-likeness (QED) is 0.377. The van der Waals surface area contributed by atoms with Gasteiger partial charge in [0.15, 0.2) is 11.5 Å². The number of aliphatic hydroxyl groups excluding tert-OH is 1. The number of hydrogen-bond donors (Lipinski definition) is 2. The monoisotopic (exact) mass is 500 g/mol. The lowest BCUT2D eigenvalue weighted by Gasteiger charge is -2.30. The Balaban J connectivity index is 0.00000578. The number of nitrogens with zero attached hydrogens (tertiary/aromatic N) is 1. The highest BCUT2D eigenvalue weighted by Gasteiger charge is 2.26. The number of aliphatic hydroxyl groups is 1. The number of benzene rings is 1. The number of halogens is 1. The second kappa shape index (κ2) is 16.2. The molecule has 1 aromatic carbocycles. The van der Waals surface area contributed by atoms with Gasteiger partial charge in [0.05, 0.1) is 19.8 Å². The molecule has 0 aliphatic carbocycles. The number of carbonyl (C=O) groups excluding carboxylic acids is 1. The topological polar surface area (TPSA) is 94.3 Å². The number of ether oxygens (including phenoxy) is 3. The first kappa shape index (κ1) is 30.5. The van der Waals surface area contributed by atoms with Crippen LogP contribution in [-0.4, -0.2) is 68.6 Å². The van der Waals surface area contributed by atoms with Crippen molar-refractivity contribution < 1.29 is 24.1 Å². The maximum atomic E-state index is 12.3. The van der Waals surface area contributed by atoms with Crippen LogP contribution in [0.4, 0.5) is 0 Å². The first-order valence-electron chi connectivity index (χ1n) is 12.4. The van der Waals surface area contributed by atoms with Crippen molar-refractivity contribution in [2.75, 3.05) is 40.5 Å². The van der Waals surface area contributed by atoms with Gasteiger partial charge in [-0.2, -0.15) is 0 Å². The number of amides is 1. The smallest absolute Gasteiger partial charge is 0.222 e. The molecule has 0 bridgehead atoms. The van der Waals surface area contributed by atoms with E-state index in [9.17, 15) is 9.90 Å². The number of β-amino-alcohol motifs (C(OH)–C–C–N with tert-alkyl or cyclic N) is 1. The zero-order valence-electron chi connectivity index (χ0n) is 21.3. The second-order valence-corrected chi connectivity index (χ2v) is 9.51. The molecule has 1 amide bonds. The zero-order chi connectivity index (χ0) is 24.2. The van der Waals surface area contributed by atoms with Crippen molar-refractivity contribution in [3.8, 4) is 11.5 Å². The molecular weight excluding hydrogens is 456 g/mol. The van der Waals surface area contributed by atoms with E-state index >= 15 is 0 Å². The van der Waals surface area contributed by atoms with Crippen LogP contribution in [-0.2, 0) is 16.0 Å². The Kier molecular flexibility index (Phi) is 14.5. The van der Waals surface area contributed by atoms with Gasteiger partial charge in [-0.1, -0.05) is 26.3 Å². The molecule has 196 valence electrons. The van der Waals surface area contributed by atoms with E-state index in [1.165, 1.54) is 0 Å². The van der Waals surface area contributed by atoms with Crippen LogP contribution < -0.4 is 15.2 Å². The van der Waals surface area contributed by atoms with Gasteiger partial charge in [0.2, 0.25) is 5.91 Å². The highest BCUT2D eigenvalue weighted by molar-refractivity contribution is 5.85. The van der Waals surface area contributed by atoms with Gasteiger partial charge in [-0.3, -0.25) is 4.79 Å². The van der Waals surface area contributed by atoms with E-state index in [1.54, 1.807) is 19.1 Å². The second-order valence-electron chi connectivity index (χ2n) is 9.51.